The molecule has 0 aliphatic heterocycles. The molecule has 26 heavy (non-hydrogen) atoms. The molecule has 0 bridgehead atoms. The van der Waals surface area contributed by atoms with Crippen LogP contribution in [0.15, 0.2) is 11.6 Å². The summed E-state index contributed by atoms with van der Waals surface area (Å²) >= 11 is 0. The van der Waals surface area contributed by atoms with Gasteiger partial charge in [0.15, 0.2) is 0 Å². The van der Waals surface area contributed by atoms with Gasteiger partial charge in [0.25, 0.3) is 0 Å². The first kappa shape index (κ1) is 18.6. The number of methoxy groups -OCH3 is 1. The minimum Gasteiger partial charge on any atom is -0.469 e. The number of hydrogen-bond acceptors (Lipinski definition) is 2. The molecule has 0 aromatic carbocycles. The Morgan fingerprint density at radius 1 is 1.15 bits per heavy atom. The van der Waals surface area contributed by atoms with Crippen molar-refractivity contribution >= 4 is 5.97 Å². The van der Waals surface area contributed by atoms with E-state index in [-0.39, 0.29) is 11.9 Å². The fraction of sp³-hybridized carbons (Fsp3) is 0.875. The van der Waals surface area contributed by atoms with Crippen molar-refractivity contribution in [3.05, 3.63) is 11.6 Å². The van der Waals surface area contributed by atoms with Crippen LogP contribution in [-0.2, 0) is 9.53 Å². The van der Waals surface area contributed by atoms with E-state index in [0.717, 1.165) is 23.7 Å². The molecule has 0 radical (unpaired) electrons. The highest BCUT2D eigenvalue weighted by molar-refractivity contribution is 5.72. The summed E-state index contributed by atoms with van der Waals surface area (Å²) in [4.78, 5) is 12.2. The molecule has 4 aliphatic carbocycles. The van der Waals surface area contributed by atoms with Crippen molar-refractivity contribution in [2.24, 2.45) is 46.3 Å². The van der Waals surface area contributed by atoms with E-state index in [1.165, 1.54) is 51.4 Å². The lowest BCUT2D eigenvalue weighted by molar-refractivity contribution is -0.149. The topological polar surface area (TPSA) is 26.3 Å². The van der Waals surface area contributed by atoms with Crippen LogP contribution in [0.1, 0.15) is 79.1 Å². The summed E-state index contributed by atoms with van der Waals surface area (Å²) in [5.74, 6) is 3.94. The fourth-order valence-electron chi connectivity index (χ4n) is 8.06. The van der Waals surface area contributed by atoms with E-state index in [1.807, 2.05) is 0 Å². The van der Waals surface area contributed by atoms with E-state index in [9.17, 15) is 4.79 Å². The van der Waals surface area contributed by atoms with Gasteiger partial charge in [0, 0.05) is 0 Å². The predicted octanol–water partition coefficient (Wildman–Crippen LogP) is 6.01. The Kier molecular flexibility index (Phi) is 4.56. The Labute approximate surface area is 160 Å². The van der Waals surface area contributed by atoms with Gasteiger partial charge in [-0.1, -0.05) is 39.3 Å². The maximum absolute atomic E-state index is 12.2. The van der Waals surface area contributed by atoms with Crippen LogP contribution >= 0.6 is 0 Å². The first-order chi connectivity index (χ1) is 12.3. The molecule has 4 aliphatic rings. The third-order valence-corrected chi connectivity index (χ3v) is 9.60. The molecule has 0 heterocycles. The van der Waals surface area contributed by atoms with Crippen LogP contribution in [0.25, 0.3) is 0 Å². The molecule has 2 heteroatoms. The number of carbonyl (C=O) groups is 1. The summed E-state index contributed by atoms with van der Waals surface area (Å²) in [7, 11) is 1.54. The lowest BCUT2D eigenvalue weighted by atomic mass is 9.46. The summed E-state index contributed by atoms with van der Waals surface area (Å²) in [5.41, 5.74) is 2.58. The zero-order valence-electron chi connectivity index (χ0n) is 17.5. The molecule has 0 spiro atoms. The number of allylic oxidation sites excluding steroid dienone is 2. The van der Waals surface area contributed by atoms with Crippen LogP contribution < -0.4 is 0 Å². The van der Waals surface area contributed by atoms with Crippen LogP contribution in [0, 0.1) is 46.3 Å². The first-order valence-corrected chi connectivity index (χ1v) is 11.1. The predicted molar refractivity (Wildman–Crippen MR) is 106 cm³/mol. The van der Waals surface area contributed by atoms with Gasteiger partial charge >= 0.3 is 5.97 Å². The molecule has 2 nitrogen and oxygen atoms in total. The summed E-state index contributed by atoms with van der Waals surface area (Å²) in [5, 5.41) is 0. The second-order valence-electron chi connectivity index (χ2n) is 10.6. The lowest BCUT2D eigenvalue weighted by Crippen LogP contribution is -2.50. The Hall–Kier alpha value is -0.790. The molecule has 0 saturated heterocycles. The molecule has 8 atom stereocenters. The Balaban J connectivity index is 1.61. The Morgan fingerprint density at radius 2 is 1.92 bits per heavy atom. The van der Waals surface area contributed by atoms with Gasteiger partial charge in [0.1, 0.15) is 0 Å². The molecule has 0 aromatic rings. The normalized spacial score (nSPS) is 48.7. The van der Waals surface area contributed by atoms with Crippen LogP contribution in [0.2, 0.25) is 0 Å². The second-order valence-corrected chi connectivity index (χ2v) is 10.6. The molecule has 0 amide bonds. The lowest BCUT2D eigenvalue weighted by Gasteiger charge is -2.58. The number of ether oxygens (including phenoxy) is 1. The zero-order chi connectivity index (χ0) is 18.7. The molecule has 3 unspecified atom stereocenters. The molecule has 3 fully saturated rings. The molecule has 3 saturated carbocycles. The SMILES string of the molecule is COC(=O)[C@@H](C)[C@H]1CCC2C3CC=C4C[C@@H](C)CC[C@]4(C)C3CC[C@@]21C. The zero-order valence-corrected chi connectivity index (χ0v) is 17.5. The van der Waals surface area contributed by atoms with Gasteiger partial charge in [-0.25, -0.2) is 0 Å². The maximum Gasteiger partial charge on any atom is 0.308 e. The van der Waals surface area contributed by atoms with E-state index in [2.05, 4.69) is 33.8 Å². The largest absolute Gasteiger partial charge is 0.469 e. The molecular formula is C24H38O2. The van der Waals surface area contributed by atoms with Gasteiger partial charge in [0.05, 0.1) is 13.0 Å². The van der Waals surface area contributed by atoms with Crippen LogP contribution in [0.4, 0.5) is 0 Å². The summed E-state index contributed by atoms with van der Waals surface area (Å²) in [6, 6.07) is 0. The van der Waals surface area contributed by atoms with Gasteiger partial charge in [0.2, 0.25) is 0 Å². The number of hydrogen-bond donors (Lipinski definition) is 0. The third-order valence-electron chi connectivity index (χ3n) is 9.60. The van der Waals surface area contributed by atoms with Crippen molar-refractivity contribution in [1.29, 1.82) is 0 Å². The van der Waals surface area contributed by atoms with E-state index in [1.54, 1.807) is 12.7 Å². The van der Waals surface area contributed by atoms with Gasteiger partial charge in [-0.15, -0.1) is 0 Å². The average Bonchev–Trinajstić information content (AvgIpc) is 2.98. The summed E-state index contributed by atoms with van der Waals surface area (Å²) in [6.07, 6.45) is 13.3. The van der Waals surface area contributed by atoms with Crippen LogP contribution in [0.3, 0.4) is 0 Å². The van der Waals surface area contributed by atoms with E-state index < -0.39 is 0 Å². The minimum absolute atomic E-state index is 0.00180. The van der Waals surface area contributed by atoms with Crippen LogP contribution in [0.5, 0.6) is 0 Å². The number of esters is 1. The highest BCUT2D eigenvalue weighted by atomic mass is 16.5. The fourth-order valence-corrected chi connectivity index (χ4v) is 8.06. The van der Waals surface area contributed by atoms with Crippen molar-refractivity contribution in [3.63, 3.8) is 0 Å². The van der Waals surface area contributed by atoms with Crippen molar-refractivity contribution in [2.45, 2.75) is 79.1 Å². The van der Waals surface area contributed by atoms with Gasteiger partial charge in [-0.2, -0.15) is 0 Å². The Bertz CT molecular complexity index is 607. The van der Waals surface area contributed by atoms with Crippen LogP contribution in [-0.4, -0.2) is 13.1 Å². The molecule has 0 N–H and O–H groups in total. The van der Waals surface area contributed by atoms with Crippen molar-refractivity contribution in [2.75, 3.05) is 7.11 Å². The van der Waals surface area contributed by atoms with E-state index >= 15 is 0 Å². The highest BCUT2D eigenvalue weighted by Crippen LogP contribution is 2.67. The van der Waals surface area contributed by atoms with E-state index in [4.69, 9.17) is 4.74 Å². The number of carbonyl (C=O) groups excluding carboxylic acids is 1. The summed E-state index contributed by atoms with van der Waals surface area (Å²) < 4.78 is 5.10. The standard InChI is InChI=1S/C24H38O2/c1-15-10-12-23(3)17(14-15)6-7-18-20-9-8-19(16(2)22(25)26-5)24(20,4)13-11-21(18)23/h6,15-16,18-21H,7-14H2,1-5H3/t15-,16-,18?,19+,20?,21?,23-,24+/m0/s1. The van der Waals surface area contributed by atoms with Crippen molar-refractivity contribution in [1.82, 2.24) is 0 Å². The minimum atomic E-state index is -0.00180. The quantitative estimate of drug-likeness (QED) is 0.446. The third kappa shape index (κ3) is 2.53. The van der Waals surface area contributed by atoms with Gasteiger partial charge in [-0.3, -0.25) is 4.79 Å². The molecule has 4 rings (SSSR count). The maximum atomic E-state index is 12.2. The first-order valence-electron chi connectivity index (χ1n) is 11.1. The highest BCUT2D eigenvalue weighted by Gasteiger charge is 2.59. The molecule has 0 aromatic heterocycles. The second kappa shape index (κ2) is 6.38. The average molecular weight is 359 g/mol. The number of fused-ring (bicyclic) bond motifs is 5. The Morgan fingerprint density at radius 3 is 2.65 bits per heavy atom. The summed E-state index contributed by atoms with van der Waals surface area (Å²) in [6.45, 7) is 9.64. The molecule has 146 valence electrons. The smallest absolute Gasteiger partial charge is 0.308 e. The van der Waals surface area contributed by atoms with Gasteiger partial charge < -0.3 is 4.74 Å². The monoisotopic (exact) mass is 358 g/mol. The van der Waals surface area contributed by atoms with Crippen molar-refractivity contribution < 1.29 is 9.53 Å². The van der Waals surface area contributed by atoms with Gasteiger partial charge in [-0.05, 0) is 91.8 Å². The van der Waals surface area contributed by atoms with E-state index in [0.29, 0.717) is 16.7 Å². The number of rotatable bonds is 2. The molecular weight excluding hydrogens is 320 g/mol. The van der Waals surface area contributed by atoms with Crippen molar-refractivity contribution in [3.8, 4) is 0 Å².